The van der Waals surface area contributed by atoms with Crippen LogP contribution >= 0.6 is 0 Å². The molecule has 0 bridgehead atoms. The normalized spacial score (nSPS) is 18.3. The van der Waals surface area contributed by atoms with Gasteiger partial charge in [-0.25, -0.2) is 8.42 Å². The first-order chi connectivity index (χ1) is 13.8. The second kappa shape index (κ2) is 9.58. The average molecular weight is 424 g/mol. The van der Waals surface area contributed by atoms with Crippen molar-refractivity contribution in [1.29, 1.82) is 0 Å². The Bertz CT molecular complexity index is 813. The zero-order valence-electron chi connectivity index (χ0n) is 16.8. The molecular weight excluding hydrogens is 394 g/mol. The van der Waals surface area contributed by atoms with Crippen molar-refractivity contribution >= 4 is 27.5 Å². The maximum atomic E-state index is 12.6. The number of anilines is 1. The summed E-state index contributed by atoms with van der Waals surface area (Å²) in [7, 11) is -3.65. The van der Waals surface area contributed by atoms with Gasteiger partial charge >= 0.3 is 0 Å². The molecular formula is C20H29N3O5S. The van der Waals surface area contributed by atoms with Gasteiger partial charge in [0.2, 0.25) is 15.9 Å². The van der Waals surface area contributed by atoms with Crippen LogP contribution in [0.2, 0.25) is 0 Å². The van der Waals surface area contributed by atoms with Gasteiger partial charge in [0, 0.05) is 24.7 Å². The molecule has 1 saturated heterocycles. The molecule has 9 heteroatoms. The number of rotatable bonds is 6. The molecule has 29 heavy (non-hydrogen) atoms. The Morgan fingerprint density at radius 1 is 1.10 bits per heavy atom. The summed E-state index contributed by atoms with van der Waals surface area (Å²) in [5, 5.41) is 2.95. The minimum Gasteiger partial charge on any atom is -0.378 e. The van der Waals surface area contributed by atoms with Crippen LogP contribution in [0.25, 0.3) is 0 Å². The Morgan fingerprint density at radius 3 is 2.31 bits per heavy atom. The number of sulfonamides is 1. The molecule has 2 amide bonds. The van der Waals surface area contributed by atoms with E-state index >= 15 is 0 Å². The van der Waals surface area contributed by atoms with Gasteiger partial charge in [0.1, 0.15) is 6.54 Å². The lowest BCUT2D eigenvalue weighted by molar-refractivity contribution is -0.120. The molecule has 0 atom stereocenters. The number of ether oxygens (including phenoxy) is 1. The van der Waals surface area contributed by atoms with Crippen molar-refractivity contribution in [2.75, 3.05) is 43.4 Å². The first kappa shape index (κ1) is 21.6. The van der Waals surface area contributed by atoms with Gasteiger partial charge in [-0.15, -0.1) is 0 Å². The summed E-state index contributed by atoms with van der Waals surface area (Å²) in [4.78, 5) is 26.7. The zero-order valence-corrected chi connectivity index (χ0v) is 17.6. The molecule has 1 aliphatic heterocycles. The molecule has 0 unspecified atom stereocenters. The Labute approximate surface area is 172 Å². The van der Waals surface area contributed by atoms with Gasteiger partial charge in [0.25, 0.3) is 5.91 Å². The SMILES string of the molecule is CS(=O)(=O)N(CC(=O)NC1CCCCC1)c1ccc(C(=O)N2CCOCC2)cc1. The van der Waals surface area contributed by atoms with Gasteiger partial charge in [-0.2, -0.15) is 0 Å². The van der Waals surface area contributed by atoms with E-state index in [4.69, 9.17) is 4.74 Å². The van der Waals surface area contributed by atoms with Crippen molar-refractivity contribution in [3.8, 4) is 0 Å². The molecule has 2 fully saturated rings. The summed E-state index contributed by atoms with van der Waals surface area (Å²) in [5.74, 6) is -0.420. The predicted molar refractivity (Wildman–Crippen MR) is 110 cm³/mol. The fourth-order valence-electron chi connectivity index (χ4n) is 3.77. The highest BCUT2D eigenvalue weighted by atomic mass is 32.2. The monoisotopic (exact) mass is 423 g/mol. The first-order valence-corrected chi connectivity index (χ1v) is 11.9. The number of benzene rings is 1. The Morgan fingerprint density at radius 2 is 1.72 bits per heavy atom. The summed E-state index contributed by atoms with van der Waals surface area (Å²) in [6, 6.07) is 6.46. The molecule has 1 saturated carbocycles. The minimum absolute atomic E-state index is 0.110. The summed E-state index contributed by atoms with van der Waals surface area (Å²) in [5.41, 5.74) is 0.848. The Kier molecular flexibility index (Phi) is 7.13. The number of morpholine rings is 1. The average Bonchev–Trinajstić information content (AvgIpc) is 2.72. The van der Waals surface area contributed by atoms with Crippen molar-refractivity contribution in [3.63, 3.8) is 0 Å². The molecule has 2 aliphatic rings. The van der Waals surface area contributed by atoms with Crippen LogP contribution in [0.1, 0.15) is 42.5 Å². The van der Waals surface area contributed by atoms with E-state index in [9.17, 15) is 18.0 Å². The highest BCUT2D eigenvalue weighted by Gasteiger charge is 2.24. The van der Waals surface area contributed by atoms with E-state index in [1.807, 2.05) is 0 Å². The number of carbonyl (C=O) groups is 2. The van der Waals surface area contributed by atoms with Crippen LogP contribution < -0.4 is 9.62 Å². The first-order valence-electron chi connectivity index (χ1n) is 10.1. The zero-order chi connectivity index (χ0) is 20.9. The highest BCUT2D eigenvalue weighted by molar-refractivity contribution is 7.92. The van der Waals surface area contributed by atoms with Crippen LogP contribution in [0.5, 0.6) is 0 Å². The lowest BCUT2D eigenvalue weighted by atomic mass is 9.95. The van der Waals surface area contributed by atoms with E-state index in [1.54, 1.807) is 29.2 Å². The third-order valence-electron chi connectivity index (χ3n) is 5.36. The predicted octanol–water partition coefficient (Wildman–Crippen LogP) is 1.37. The largest absolute Gasteiger partial charge is 0.378 e. The van der Waals surface area contributed by atoms with Crippen LogP contribution in [0.4, 0.5) is 5.69 Å². The lowest BCUT2D eigenvalue weighted by Gasteiger charge is -2.27. The smallest absolute Gasteiger partial charge is 0.254 e. The third kappa shape index (κ3) is 5.93. The van der Waals surface area contributed by atoms with E-state index < -0.39 is 10.0 Å². The Balaban J connectivity index is 1.68. The van der Waals surface area contributed by atoms with Crippen molar-refractivity contribution in [2.45, 2.75) is 38.1 Å². The van der Waals surface area contributed by atoms with Crippen LogP contribution in [-0.4, -0.2) is 70.3 Å². The molecule has 1 aromatic carbocycles. The number of hydrogen-bond donors (Lipinski definition) is 1. The molecule has 0 spiro atoms. The summed E-state index contributed by atoms with van der Waals surface area (Å²) < 4.78 is 30.9. The van der Waals surface area contributed by atoms with Crippen molar-refractivity contribution in [3.05, 3.63) is 29.8 Å². The number of carbonyl (C=O) groups excluding carboxylic acids is 2. The van der Waals surface area contributed by atoms with E-state index in [0.717, 1.165) is 36.2 Å². The van der Waals surface area contributed by atoms with Gasteiger partial charge in [-0.1, -0.05) is 19.3 Å². The maximum absolute atomic E-state index is 12.6. The Hall–Kier alpha value is -2.13. The fourth-order valence-corrected chi connectivity index (χ4v) is 4.63. The van der Waals surface area contributed by atoms with Crippen LogP contribution in [0.15, 0.2) is 24.3 Å². The van der Waals surface area contributed by atoms with Crippen molar-refractivity contribution < 1.29 is 22.7 Å². The summed E-state index contributed by atoms with van der Waals surface area (Å²) in [6.07, 6.45) is 6.29. The van der Waals surface area contributed by atoms with Crippen LogP contribution in [0, 0.1) is 0 Å². The van der Waals surface area contributed by atoms with E-state index in [-0.39, 0.29) is 24.4 Å². The lowest BCUT2D eigenvalue weighted by Crippen LogP contribution is -2.44. The van der Waals surface area contributed by atoms with Crippen LogP contribution in [-0.2, 0) is 19.6 Å². The van der Waals surface area contributed by atoms with Crippen LogP contribution in [0.3, 0.4) is 0 Å². The quantitative estimate of drug-likeness (QED) is 0.746. The number of nitrogens with zero attached hydrogens (tertiary/aromatic N) is 2. The van der Waals surface area contributed by atoms with Gasteiger partial charge < -0.3 is 15.0 Å². The second-order valence-electron chi connectivity index (χ2n) is 7.62. The van der Waals surface area contributed by atoms with E-state index in [0.29, 0.717) is 37.6 Å². The molecule has 1 aliphatic carbocycles. The van der Waals surface area contributed by atoms with Gasteiger partial charge in [-0.05, 0) is 37.1 Å². The number of hydrogen-bond acceptors (Lipinski definition) is 5. The molecule has 160 valence electrons. The standard InChI is InChI=1S/C20H29N3O5S/c1-29(26,27)23(15-19(24)21-17-5-3-2-4-6-17)18-9-7-16(8-10-18)20(25)22-11-13-28-14-12-22/h7-10,17H,2-6,11-15H2,1H3,(H,21,24). The van der Waals surface area contributed by atoms with Crippen molar-refractivity contribution in [1.82, 2.24) is 10.2 Å². The molecule has 1 N–H and O–H groups in total. The molecule has 3 rings (SSSR count). The number of nitrogens with one attached hydrogen (secondary N) is 1. The fraction of sp³-hybridized carbons (Fsp3) is 0.600. The molecule has 0 aromatic heterocycles. The molecule has 1 aromatic rings. The summed E-state index contributed by atoms with van der Waals surface area (Å²) in [6.45, 7) is 1.84. The van der Waals surface area contributed by atoms with Gasteiger partial charge in [0.05, 0.1) is 25.2 Å². The summed E-state index contributed by atoms with van der Waals surface area (Å²) >= 11 is 0. The third-order valence-corrected chi connectivity index (χ3v) is 6.50. The van der Waals surface area contributed by atoms with Crippen molar-refractivity contribution in [2.24, 2.45) is 0 Å². The van der Waals surface area contributed by atoms with Gasteiger partial charge in [-0.3, -0.25) is 13.9 Å². The molecule has 0 radical (unpaired) electrons. The topological polar surface area (TPSA) is 96.0 Å². The molecule has 8 nitrogen and oxygen atoms in total. The number of amides is 2. The highest BCUT2D eigenvalue weighted by Crippen LogP contribution is 2.20. The molecule has 1 heterocycles. The maximum Gasteiger partial charge on any atom is 0.254 e. The van der Waals surface area contributed by atoms with Gasteiger partial charge in [0.15, 0.2) is 0 Å². The van der Waals surface area contributed by atoms with E-state index in [2.05, 4.69) is 5.32 Å². The van der Waals surface area contributed by atoms with E-state index in [1.165, 1.54) is 6.42 Å². The second-order valence-corrected chi connectivity index (χ2v) is 9.53. The minimum atomic E-state index is -3.65.